The number of nitrogens with one attached hydrogen (secondary N) is 1. The molecule has 8 heteroatoms. The molecule has 27 heavy (non-hydrogen) atoms. The molecule has 0 radical (unpaired) electrons. The summed E-state index contributed by atoms with van der Waals surface area (Å²) in [6.07, 6.45) is 5.37. The van der Waals surface area contributed by atoms with Crippen molar-refractivity contribution in [3.8, 4) is 11.5 Å². The highest BCUT2D eigenvalue weighted by molar-refractivity contribution is 6.32. The molecule has 2 aromatic rings. The van der Waals surface area contributed by atoms with E-state index in [4.69, 9.17) is 21.1 Å². The van der Waals surface area contributed by atoms with E-state index in [1.807, 2.05) is 6.07 Å². The summed E-state index contributed by atoms with van der Waals surface area (Å²) in [6.45, 7) is 0.146. The summed E-state index contributed by atoms with van der Waals surface area (Å²) < 4.78 is 25.2. The van der Waals surface area contributed by atoms with Gasteiger partial charge in [0.2, 0.25) is 0 Å². The molecule has 2 N–H and O–H groups in total. The summed E-state index contributed by atoms with van der Waals surface area (Å²) in [5, 5.41) is 12.5. The average Bonchev–Trinajstić information content (AvgIpc) is 2.65. The minimum Gasteiger partial charge on any atom is -0.506 e. The topological polar surface area (TPSA) is 80.7 Å². The smallest absolute Gasteiger partial charge is 0.326 e. The molecule has 0 saturated heterocycles. The number of rotatable bonds is 7. The number of halogens is 2. The third kappa shape index (κ3) is 3.99. The van der Waals surface area contributed by atoms with Gasteiger partial charge >= 0.3 is 5.97 Å². The number of phenols is 1. The van der Waals surface area contributed by atoms with Crippen molar-refractivity contribution in [3.05, 3.63) is 52.6 Å². The zero-order chi connectivity index (χ0) is 19.4. The number of carbonyl (C=O) groups is 1. The van der Waals surface area contributed by atoms with E-state index < -0.39 is 17.1 Å². The van der Waals surface area contributed by atoms with Crippen LogP contribution in [-0.2, 0) is 22.7 Å². The first-order valence-corrected chi connectivity index (χ1v) is 8.89. The van der Waals surface area contributed by atoms with Gasteiger partial charge in [-0.15, -0.1) is 0 Å². The highest BCUT2D eigenvalue weighted by atomic mass is 35.5. The van der Waals surface area contributed by atoms with Crippen LogP contribution in [0.2, 0.25) is 5.02 Å². The number of methoxy groups -OCH3 is 1. The molecule has 0 unspecified atom stereocenters. The molecule has 1 fully saturated rings. The van der Waals surface area contributed by atoms with Crippen molar-refractivity contribution in [2.75, 3.05) is 7.11 Å². The second kappa shape index (κ2) is 8.10. The molecule has 0 aliphatic heterocycles. The third-order valence-corrected chi connectivity index (χ3v) is 5.11. The van der Waals surface area contributed by atoms with Crippen LogP contribution in [0.15, 0.2) is 30.6 Å². The largest absolute Gasteiger partial charge is 0.506 e. The first-order chi connectivity index (χ1) is 13.0. The van der Waals surface area contributed by atoms with Gasteiger partial charge in [-0.25, -0.2) is 4.39 Å². The van der Waals surface area contributed by atoms with Gasteiger partial charge in [0.1, 0.15) is 28.7 Å². The maximum atomic E-state index is 14.7. The molecule has 0 amide bonds. The molecule has 1 aliphatic rings. The van der Waals surface area contributed by atoms with Crippen LogP contribution in [0.1, 0.15) is 30.4 Å². The summed E-state index contributed by atoms with van der Waals surface area (Å²) in [5.74, 6) is -1.43. The van der Waals surface area contributed by atoms with E-state index >= 15 is 0 Å². The average molecular weight is 395 g/mol. The van der Waals surface area contributed by atoms with Crippen LogP contribution in [0.25, 0.3) is 0 Å². The van der Waals surface area contributed by atoms with Crippen molar-refractivity contribution in [3.63, 3.8) is 0 Å². The first kappa shape index (κ1) is 19.4. The van der Waals surface area contributed by atoms with Gasteiger partial charge in [-0.1, -0.05) is 17.7 Å². The van der Waals surface area contributed by atoms with Gasteiger partial charge in [-0.3, -0.25) is 15.1 Å². The zero-order valence-electron chi connectivity index (χ0n) is 14.8. The number of phenolic OH excluding ortho intramolecular Hbond substituents is 1. The zero-order valence-corrected chi connectivity index (χ0v) is 15.6. The number of hydrogen-bond acceptors (Lipinski definition) is 6. The number of aromatic hydroxyl groups is 1. The Bertz CT molecular complexity index is 828. The Labute approximate surface area is 161 Å². The Hall–Kier alpha value is -2.38. The number of esters is 1. The van der Waals surface area contributed by atoms with Crippen LogP contribution in [-0.4, -0.2) is 28.7 Å². The lowest BCUT2D eigenvalue weighted by Crippen LogP contribution is -2.57. The molecule has 1 saturated carbocycles. The van der Waals surface area contributed by atoms with Crippen LogP contribution in [0.4, 0.5) is 4.39 Å². The number of benzene rings is 1. The maximum absolute atomic E-state index is 14.7. The van der Waals surface area contributed by atoms with Gasteiger partial charge in [-0.05, 0) is 25.3 Å². The lowest BCUT2D eigenvalue weighted by Gasteiger charge is -2.39. The Morgan fingerprint density at radius 2 is 2.26 bits per heavy atom. The van der Waals surface area contributed by atoms with Crippen molar-refractivity contribution in [2.45, 2.75) is 38.0 Å². The Morgan fingerprint density at radius 1 is 1.48 bits per heavy atom. The molecule has 1 aliphatic carbocycles. The first-order valence-electron chi connectivity index (χ1n) is 8.52. The summed E-state index contributed by atoms with van der Waals surface area (Å²) in [5.41, 5.74) is 0.0970. The Morgan fingerprint density at radius 3 is 2.85 bits per heavy atom. The van der Waals surface area contributed by atoms with Gasteiger partial charge in [0.05, 0.1) is 7.11 Å². The lowest BCUT2D eigenvalue weighted by molar-refractivity contribution is -0.152. The molecule has 1 aromatic carbocycles. The van der Waals surface area contributed by atoms with E-state index in [-0.39, 0.29) is 35.5 Å². The minimum absolute atomic E-state index is 0.00328. The fraction of sp³-hybridized carbons (Fsp3) is 0.368. The minimum atomic E-state index is -0.827. The second-order valence-electron chi connectivity index (χ2n) is 6.43. The number of ether oxygens (including phenoxy) is 2. The predicted octanol–water partition coefficient (Wildman–Crippen LogP) is 3.34. The Kier molecular flexibility index (Phi) is 5.82. The molecular formula is C19H20ClFN2O4. The summed E-state index contributed by atoms with van der Waals surface area (Å²) in [7, 11) is 1.32. The molecule has 144 valence electrons. The van der Waals surface area contributed by atoms with Gasteiger partial charge in [-0.2, -0.15) is 0 Å². The van der Waals surface area contributed by atoms with Crippen LogP contribution in [0.5, 0.6) is 11.5 Å². The van der Waals surface area contributed by atoms with Crippen molar-refractivity contribution in [1.29, 1.82) is 0 Å². The van der Waals surface area contributed by atoms with E-state index in [9.17, 15) is 14.3 Å². The van der Waals surface area contributed by atoms with Gasteiger partial charge in [0.25, 0.3) is 0 Å². The van der Waals surface area contributed by atoms with Crippen molar-refractivity contribution >= 4 is 17.6 Å². The standard InChI is InChI=1S/C19H20ClFN2O4/c1-26-18(25)19(5-3-6-19)23-10-13-15(8-14(24)16(20)17(13)21)27-11-12-4-2-7-22-9-12/h2,4,7-9,23-24H,3,5-6,10-11H2,1H3. The van der Waals surface area contributed by atoms with E-state index in [0.717, 1.165) is 12.0 Å². The third-order valence-electron chi connectivity index (χ3n) is 4.75. The normalized spacial score (nSPS) is 15.1. The van der Waals surface area contributed by atoms with E-state index in [1.54, 1.807) is 18.5 Å². The summed E-state index contributed by atoms with van der Waals surface area (Å²) in [4.78, 5) is 16.1. The Balaban J connectivity index is 1.82. The van der Waals surface area contributed by atoms with Crippen molar-refractivity contribution in [1.82, 2.24) is 10.3 Å². The number of pyridine rings is 1. The van der Waals surface area contributed by atoms with E-state index in [0.29, 0.717) is 12.8 Å². The fourth-order valence-electron chi connectivity index (χ4n) is 3.00. The lowest BCUT2D eigenvalue weighted by atomic mass is 9.76. The number of carbonyl (C=O) groups excluding carboxylic acids is 1. The van der Waals surface area contributed by atoms with Gasteiger partial charge in [0, 0.05) is 36.1 Å². The van der Waals surface area contributed by atoms with Crippen molar-refractivity contribution in [2.24, 2.45) is 0 Å². The van der Waals surface area contributed by atoms with Gasteiger partial charge < -0.3 is 14.6 Å². The molecule has 1 heterocycles. The summed E-state index contributed by atoms with van der Waals surface area (Å²) in [6, 6.07) is 4.85. The molecule has 0 spiro atoms. The van der Waals surface area contributed by atoms with Crippen LogP contribution >= 0.6 is 11.6 Å². The highest BCUT2D eigenvalue weighted by Gasteiger charge is 2.45. The molecule has 1 aromatic heterocycles. The quantitative estimate of drug-likeness (QED) is 0.701. The van der Waals surface area contributed by atoms with Crippen LogP contribution in [0.3, 0.4) is 0 Å². The second-order valence-corrected chi connectivity index (χ2v) is 6.81. The van der Waals surface area contributed by atoms with Crippen LogP contribution < -0.4 is 10.1 Å². The SMILES string of the molecule is COC(=O)C1(NCc2c(OCc3cccnc3)cc(O)c(Cl)c2F)CCC1. The molecule has 3 rings (SSSR count). The molecule has 0 bridgehead atoms. The highest BCUT2D eigenvalue weighted by Crippen LogP contribution is 2.38. The van der Waals surface area contributed by atoms with E-state index in [2.05, 4.69) is 10.3 Å². The maximum Gasteiger partial charge on any atom is 0.326 e. The molecule has 0 atom stereocenters. The summed E-state index contributed by atoms with van der Waals surface area (Å²) >= 11 is 5.85. The van der Waals surface area contributed by atoms with Crippen LogP contribution in [0, 0.1) is 5.82 Å². The number of hydrogen-bond donors (Lipinski definition) is 2. The number of nitrogens with zero attached hydrogens (tertiary/aromatic N) is 1. The van der Waals surface area contributed by atoms with Crippen molar-refractivity contribution < 1.29 is 23.8 Å². The predicted molar refractivity (Wildman–Crippen MR) is 97.1 cm³/mol. The van der Waals surface area contributed by atoms with Gasteiger partial charge in [0.15, 0.2) is 5.82 Å². The molecule has 6 nitrogen and oxygen atoms in total. The van der Waals surface area contributed by atoms with E-state index in [1.165, 1.54) is 13.2 Å². The number of aromatic nitrogens is 1. The monoisotopic (exact) mass is 394 g/mol. The molecular weight excluding hydrogens is 375 g/mol. The fourth-order valence-corrected chi connectivity index (χ4v) is 3.17.